The number of thiocarbonyl (C=S) groups is 1. The molecule has 6 rings (SSSR count). The summed E-state index contributed by atoms with van der Waals surface area (Å²) >= 11 is 13.7. The van der Waals surface area contributed by atoms with Gasteiger partial charge in [-0.05, 0) is 42.9 Å². The highest BCUT2D eigenvalue weighted by atomic mass is 35.5. The molecule has 3 aliphatic heterocycles. The van der Waals surface area contributed by atoms with Crippen molar-refractivity contribution in [3.05, 3.63) is 94.8 Å². The maximum atomic E-state index is 14.7. The first-order chi connectivity index (χ1) is 17.3. The van der Waals surface area contributed by atoms with E-state index in [1.54, 1.807) is 29.1 Å². The average molecular weight is 535 g/mol. The van der Waals surface area contributed by atoms with Gasteiger partial charge in [-0.2, -0.15) is 0 Å². The molecule has 2 saturated heterocycles. The van der Waals surface area contributed by atoms with E-state index in [0.717, 1.165) is 22.5 Å². The van der Waals surface area contributed by atoms with Crippen molar-refractivity contribution < 1.29 is 9.59 Å². The number of pyridine rings is 1. The van der Waals surface area contributed by atoms with Crippen LogP contribution in [0.2, 0.25) is 5.02 Å². The summed E-state index contributed by atoms with van der Waals surface area (Å²) in [6.45, 7) is 0.803. The second-order valence-corrected chi connectivity index (χ2v) is 11.7. The van der Waals surface area contributed by atoms with Gasteiger partial charge in [-0.1, -0.05) is 72.0 Å². The number of fused-ring (bicyclic) bond motifs is 3. The van der Waals surface area contributed by atoms with Crippen LogP contribution in [-0.2, 0) is 21.7 Å². The van der Waals surface area contributed by atoms with E-state index in [2.05, 4.69) is 4.98 Å². The highest BCUT2D eigenvalue weighted by molar-refractivity contribution is 8.25. The Morgan fingerprint density at radius 2 is 1.81 bits per heavy atom. The van der Waals surface area contributed by atoms with Crippen LogP contribution in [0.4, 0.5) is 5.69 Å². The summed E-state index contributed by atoms with van der Waals surface area (Å²) in [6.07, 6.45) is 1.73. The lowest BCUT2D eigenvalue weighted by atomic mass is 9.72. The minimum absolute atomic E-state index is 0.161. The van der Waals surface area contributed by atoms with E-state index in [1.807, 2.05) is 72.6 Å². The van der Waals surface area contributed by atoms with Crippen molar-refractivity contribution in [1.82, 2.24) is 14.8 Å². The van der Waals surface area contributed by atoms with Gasteiger partial charge in [0.05, 0.1) is 6.54 Å². The van der Waals surface area contributed by atoms with Crippen LogP contribution >= 0.6 is 35.6 Å². The van der Waals surface area contributed by atoms with Gasteiger partial charge in [-0.3, -0.25) is 24.4 Å². The first kappa shape index (κ1) is 23.6. The minimum atomic E-state index is -1.29. The lowest BCUT2D eigenvalue weighted by Gasteiger charge is -2.42. The number of likely N-dealkylation sites (N-methyl/N-ethyl adjacent to an activating group) is 2. The van der Waals surface area contributed by atoms with Gasteiger partial charge >= 0.3 is 0 Å². The fourth-order valence-corrected chi connectivity index (χ4v) is 8.40. The van der Waals surface area contributed by atoms with Crippen molar-refractivity contribution in [3.8, 4) is 0 Å². The lowest BCUT2D eigenvalue weighted by Crippen LogP contribution is -2.62. The van der Waals surface area contributed by atoms with E-state index in [9.17, 15) is 9.59 Å². The highest BCUT2D eigenvalue weighted by Crippen LogP contribution is 2.66. The molecule has 2 fully saturated rings. The Kier molecular flexibility index (Phi) is 5.50. The zero-order valence-corrected chi connectivity index (χ0v) is 22.1. The predicted molar refractivity (Wildman–Crippen MR) is 146 cm³/mol. The molecule has 2 aromatic carbocycles. The molecule has 36 heavy (non-hydrogen) atoms. The summed E-state index contributed by atoms with van der Waals surface area (Å²) in [7, 11) is 3.66. The molecule has 2 spiro atoms. The molecule has 3 aromatic rings. The Morgan fingerprint density at radius 3 is 2.53 bits per heavy atom. The molecule has 2 amide bonds. The van der Waals surface area contributed by atoms with Gasteiger partial charge in [0.15, 0.2) is 5.54 Å². The first-order valence-electron chi connectivity index (χ1n) is 11.6. The summed E-state index contributed by atoms with van der Waals surface area (Å²) in [5.41, 5.74) is 1.92. The molecule has 0 aliphatic carbocycles. The molecule has 0 unspecified atom stereocenters. The molecule has 9 heteroatoms. The van der Waals surface area contributed by atoms with Gasteiger partial charge in [0, 0.05) is 47.7 Å². The van der Waals surface area contributed by atoms with Gasteiger partial charge in [0.2, 0.25) is 5.91 Å². The Balaban J connectivity index is 1.60. The molecule has 4 heterocycles. The van der Waals surface area contributed by atoms with Crippen molar-refractivity contribution in [3.63, 3.8) is 0 Å². The first-order valence-corrected chi connectivity index (χ1v) is 13.2. The van der Waals surface area contributed by atoms with Crippen LogP contribution in [0.3, 0.4) is 0 Å². The number of hydrogen-bond acceptors (Lipinski definition) is 6. The van der Waals surface area contributed by atoms with Crippen LogP contribution in [0.25, 0.3) is 0 Å². The average Bonchev–Trinajstić information content (AvgIpc) is 3.38. The summed E-state index contributed by atoms with van der Waals surface area (Å²) in [5.74, 6) is -0.705. The van der Waals surface area contributed by atoms with E-state index in [0.29, 0.717) is 22.4 Å². The largest absolute Gasteiger partial charge is 0.313 e. The molecule has 3 atom stereocenters. The van der Waals surface area contributed by atoms with Crippen molar-refractivity contribution in [2.45, 2.75) is 22.7 Å². The van der Waals surface area contributed by atoms with E-state index < -0.39 is 10.3 Å². The zero-order chi connectivity index (χ0) is 25.2. The molecule has 0 saturated carbocycles. The number of carbonyl (C=O) groups is 2. The topological polar surface area (TPSA) is 56.8 Å². The molecule has 0 bridgehead atoms. The number of halogens is 1. The molecular formula is C27H23ClN4O2S2. The van der Waals surface area contributed by atoms with E-state index in [-0.39, 0.29) is 17.7 Å². The maximum absolute atomic E-state index is 14.7. The van der Waals surface area contributed by atoms with E-state index >= 15 is 0 Å². The number of hydrogen-bond donors (Lipinski definition) is 0. The third-order valence-corrected chi connectivity index (χ3v) is 9.82. The van der Waals surface area contributed by atoms with Crippen molar-refractivity contribution in [1.29, 1.82) is 0 Å². The number of nitrogens with zero attached hydrogens (tertiary/aromatic N) is 4. The van der Waals surface area contributed by atoms with Crippen LogP contribution in [0.15, 0.2) is 72.9 Å². The second kappa shape index (κ2) is 8.38. The van der Waals surface area contributed by atoms with Crippen LogP contribution in [0, 0.1) is 0 Å². The molecule has 0 radical (unpaired) electrons. The zero-order valence-electron chi connectivity index (χ0n) is 19.7. The monoisotopic (exact) mass is 534 g/mol. The number of anilines is 1. The Bertz CT molecular complexity index is 1410. The number of likely N-dealkylation sites (tertiary alicyclic amines) is 1. The molecule has 0 N–H and O–H groups in total. The van der Waals surface area contributed by atoms with Crippen LogP contribution < -0.4 is 4.90 Å². The van der Waals surface area contributed by atoms with Gasteiger partial charge in [-0.25, -0.2) is 0 Å². The van der Waals surface area contributed by atoms with Crippen molar-refractivity contribution in [2.75, 3.05) is 25.5 Å². The maximum Gasteiger partial charge on any atom is 0.254 e. The lowest BCUT2D eigenvalue weighted by molar-refractivity contribution is -0.139. The number of amides is 2. The van der Waals surface area contributed by atoms with Crippen LogP contribution in [0.5, 0.6) is 0 Å². The molecule has 6 nitrogen and oxygen atoms in total. The summed E-state index contributed by atoms with van der Waals surface area (Å²) in [6, 6.07) is 20.9. The highest BCUT2D eigenvalue weighted by Gasteiger charge is 2.78. The third-order valence-electron chi connectivity index (χ3n) is 7.64. The quantitative estimate of drug-likeness (QED) is 0.463. The fraction of sp³-hybridized carbons (Fsp3) is 0.259. The SMILES string of the molecule is CN1C(=O)[C@]2(c3cc(Cl)ccc31)N(C)C[C@@H](c1ccccn1)[C@@]21SC(=S)N(Cc2ccccc2)C1=O. The predicted octanol–water partition coefficient (Wildman–Crippen LogP) is 4.44. The summed E-state index contributed by atoms with van der Waals surface area (Å²) in [4.78, 5) is 39.0. The van der Waals surface area contributed by atoms with Gasteiger partial charge < -0.3 is 4.90 Å². The normalized spacial score (nSPS) is 27.6. The van der Waals surface area contributed by atoms with Crippen molar-refractivity contribution >= 4 is 57.4 Å². The number of thioether (sulfide) groups is 1. The Hall–Kier alpha value is -2.78. The molecule has 3 aliphatic rings. The molecule has 1 aromatic heterocycles. The summed E-state index contributed by atoms with van der Waals surface area (Å²) in [5, 5.41) is 0.514. The van der Waals surface area contributed by atoms with Crippen LogP contribution in [-0.4, -0.2) is 56.3 Å². The van der Waals surface area contributed by atoms with Gasteiger partial charge in [0.1, 0.15) is 9.07 Å². The minimum Gasteiger partial charge on any atom is -0.313 e. The Labute approximate surface area is 224 Å². The number of benzene rings is 2. The Morgan fingerprint density at radius 1 is 1.06 bits per heavy atom. The second-order valence-electron chi connectivity index (χ2n) is 9.40. The summed E-state index contributed by atoms with van der Waals surface area (Å²) < 4.78 is -0.783. The molecule has 182 valence electrons. The molecular weight excluding hydrogens is 512 g/mol. The van der Waals surface area contributed by atoms with Crippen molar-refractivity contribution in [2.24, 2.45) is 0 Å². The fourth-order valence-electron chi connectivity index (χ4n) is 6.12. The van der Waals surface area contributed by atoms with E-state index in [1.165, 1.54) is 11.8 Å². The third kappa shape index (κ3) is 2.96. The standard InChI is InChI=1S/C27H23ClN4O2S2/c1-30-16-20(21-10-6-7-13-29-21)27(24(34)32(25(35)36-27)15-17-8-4-3-5-9-17)26(30)19-14-18(28)11-12-22(19)31(2)23(26)33/h3-14,20H,15-16H2,1-2H3/t20-,26-,27-/m0/s1. The number of rotatable bonds is 3. The van der Waals surface area contributed by atoms with Gasteiger partial charge in [0.25, 0.3) is 5.91 Å². The smallest absolute Gasteiger partial charge is 0.254 e. The number of aromatic nitrogens is 1. The van der Waals surface area contributed by atoms with E-state index in [4.69, 9.17) is 23.8 Å². The van der Waals surface area contributed by atoms with Gasteiger partial charge in [-0.15, -0.1) is 0 Å². The number of carbonyl (C=O) groups excluding carboxylic acids is 2. The van der Waals surface area contributed by atoms with Crippen LogP contribution in [0.1, 0.15) is 22.7 Å².